The summed E-state index contributed by atoms with van der Waals surface area (Å²) in [5.41, 5.74) is 3.91. The molecule has 0 bridgehead atoms. The highest BCUT2D eigenvalue weighted by molar-refractivity contribution is 9.08. The fourth-order valence-electron chi connectivity index (χ4n) is 12.8. The number of rotatable bonds is 22. The third kappa shape index (κ3) is 38.0. The van der Waals surface area contributed by atoms with Gasteiger partial charge in [-0.05, 0) is 217 Å². The van der Waals surface area contributed by atoms with Gasteiger partial charge in [-0.25, -0.2) is 85.0 Å². The monoisotopic (exact) mass is 1930 g/mol. The minimum atomic E-state index is -1.45. The number of halogens is 10. The SMILES string of the molecule is CC(C)(C)[S@@](N)=O.CC(C)(C)[S@](=O)N=CC1CCN(C(=O)OCc2ccccc2)CC1.CC(C)(C)[S@](=O)N[C@@H](Cc1cc(F)c(F)cc1F)C1CCN(C(=O)OCc2ccccc2)CC1.CC(C)(C)[S@](=O)N[C@H](Cc1cc(F)c(F)cc1F)C1CCN(C(=O)OCc2ccccc2)CC1.Fc1cc(F)c(CBr)cc1F.O=CC1CCN(C(=O)OCc2ccccc2)CC1. The lowest BCUT2D eigenvalue weighted by Crippen LogP contribution is -2.49. The maximum atomic E-state index is 14.3. The lowest BCUT2D eigenvalue weighted by Gasteiger charge is -2.37. The predicted octanol–water partition coefficient (Wildman–Crippen LogP) is 19.4. The van der Waals surface area contributed by atoms with Crippen LogP contribution in [0.4, 0.5) is 58.7 Å². The first-order valence-corrected chi connectivity index (χ1v) is 47.8. The molecule has 4 saturated heterocycles. The van der Waals surface area contributed by atoms with E-state index in [1.165, 1.54) is 0 Å². The van der Waals surface area contributed by atoms with Crippen molar-refractivity contribution in [1.29, 1.82) is 0 Å². The van der Waals surface area contributed by atoms with Crippen LogP contribution in [0.2, 0.25) is 0 Å². The molecule has 35 heteroatoms. The Bertz CT molecular complexity index is 4620. The smallest absolute Gasteiger partial charge is 0.410 e. The zero-order valence-electron chi connectivity index (χ0n) is 74.4. The molecule has 4 aliphatic rings. The maximum Gasteiger partial charge on any atom is 0.410 e. The molecule has 0 spiro atoms. The summed E-state index contributed by atoms with van der Waals surface area (Å²) in [6, 6.07) is 41.3. The van der Waals surface area contributed by atoms with Gasteiger partial charge < -0.3 is 43.3 Å². The zero-order chi connectivity index (χ0) is 94.6. The van der Waals surface area contributed by atoms with Gasteiger partial charge in [-0.3, -0.25) is 5.14 Å². The first-order chi connectivity index (χ1) is 60.3. The van der Waals surface area contributed by atoms with E-state index in [2.05, 4.69) is 29.8 Å². The van der Waals surface area contributed by atoms with Crippen LogP contribution >= 0.6 is 15.9 Å². The van der Waals surface area contributed by atoms with Gasteiger partial charge in [-0.15, -0.1) is 0 Å². The molecule has 704 valence electrons. The number of carbonyl (C=O) groups is 5. The average Bonchev–Trinajstić information content (AvgIpc) is 0.818. The second kappa shape index (κ2) is 53.0. The van der Waals surface area contributed by atoms with Crippen LogP contribution in [-0.4, -0.2) is 157 Å². The fourth-order valence-corrected chi connectivity index (χ4v) is 15.6. The number of likely N-dealkylation sites (tertiary alicyclic amines) is 4. The number of nitrogens with zero attached hydrogens (tertiary/aromatic N) is 5. The molecule has 4 heterocycles. The third-order valence-electron chi connectivity index (χ3n) is 20.8. The summed E-state index contributed by atoms with van der Waals surface area (Å²) in [6.45, 7) is 27.3. The van der Waals surface area contributed by atoms with Crippen molar-refractivity contribution in [3.8, 4) is 0 Å². The molecule has 4 N–H and O–H groups in total. The Kier molecular flexibility index (Phi) is 44.7. The van der Waals surface area contributed by atoms with E-state index in [1.807, 2.05) is 204 Å². The summed E-state index contributed by atoms with van der Waals surface area (Å²) in [4.78, 5) is 66.1. The van der Waals surface area contributed by atoms with E-state index in [0.717, 1.165) is 72.4 Å². The van der Waals surface area contributed by atoms with Crippen LogP contribution in [0.15, 0.2) is 162 Å². The van der Waals surface area contributed by atoms with Gasteiger partial charge in [0.15, 0.2) is 34.9 Å². The summed E-state index contributed by atoms with van der Waals surface area (Å²) in [6.07, 6.45) is 6.93. The molecule has 0 aromatic heterocycles. The van der Waals surface area contributed by atoms with Gasteiger partial charge >= 0.3 is 24.4 Å². The second-order valence-corrected chi connectivity index (χ2v) is 43.3. The van der Waals surface area contributed by atoms with E-state index >= 15 is 0 Å². The summed E-state index contributed by atoms with van der Waals surface area (Å²) >= 11 is 2.94. The van der Waals surface area contributed by atoms with Crippen LogP contribution in [-0.2, 0) is 112 Å². The predicted molar refractivity (Wildman–Crippen MR) is 487 cm³/mol. The van der Waals surface area contributed by atoms with Crippen molar-refractivity contribution in [2.24, 2.45) is 33.2 Å². The van der Waals surface area contributed by atoms with Crippen molar-refractivity contribution < 1.29 is 99.3 Å². The molecular weight excluding hydrogens is 1820 g/mol. The molecular formula is C93H120BrF9N8O13S4. The molecule has 0 saturated carbocycles. The molecule has 6 atom stereocenters. The topological polar surface area (TPSA) is 266 Å². The van der Waals surface area contributed by atoms with Gasteiger partial charge in [0.2, 0.25) is 0 Å². The summed E-state index contributed by atoms with van der Waals surface area (Å²) < 4.78 is 198. The second-order valence-electron chi connectivity index (χ2n) is 34.9. The third-order valence-corrected chi connectivity index (χ3v) is 27.2. The van der Waals surface area contributed by atoms with Crippen LogP contribution in [0.3, 0.4) is 0 Å². The number of hydrogen-bond donors (Lipinski definition) is 3. The van der Waals surface area contributed by atoms with E-state index in [0.29, 0.717) is 109 Å². The number of piperidine rings is 4. The number of aldehydes is 1. The highest BCUT2D eigenvalue weighted by Gasteiger charge is 2.36. The standard InChI is InChI=1S/2C25H31F3N2O3S.C18H26N2O3S.C14H17NO3.C7H4BrF3.C4H11NOS/c2*1-25(2,3)34(32)29-23(14-19-13-21(27)22(28)15-20(19)26)18-9-11-30(12-10-18)24(31)33-16-17-7-5-4-6-8-17;1-18(2,3)24(22)19-13-15-9-11-20(12-10-15)17(21)23-14-16-7-5-4-6-8-16;16-10-12-6-8-15(9-7-12)14(17)18-11-13-4-2-1-3-5-13;8-3-4-1-6(10)7(11)2-5(4)9;1-4(2,3)7(5)6/h2*4-8,13,15,18,23,29H,9-12,14,16H2,1-3H3;4-8,13,15H,9-12,14H2,1-3H3;1-5,10,12H,6-9,11H2;1-2H,3H2;5H2,1-3H3/t23-,34+;23-,34-;24-;;;7-/m100..0/s1. The number of ether oxygens (including phenoxy) is 4. The number of nitrogens with one attached hydrogen (secondary N) is 2. The first-order valence-electron chi connectivity index (χ1n) is 42.1. The molecule has 4 aliphatic heterocycles. The number of benzene rings is 7. The number of carbonyl (C=O) groups excluding carboxylic acids is 5. The Morgan fingerprint density at radius 2 is 0.648 bits per heavy atom. The summed E-state index contributed by atoms with van der Waals surface area (Å²) in [5.74, 6) is -9.05. The number of hydrogen-bond acceptors (Lipinski definition) is 13. The van der Waals surface area contributed by atoms with Gasteiger partial charge in [0.1, 0.15) is 61.2 Å². The average molecular weight is 1940 g/mol. The molecule has 7 aromatic rings. The molecule has 4 amide bonds. The Labute approximate surface area is 764 Å². The van der Waals surface area contributed by atoms with Crippen LogP contribution in [0.25, 0.3) is 0 Å². The number of alkyl halides is 1. The Balaban J connectivity index is 0.000000251. The van der Waals surface area contributed by atoms with Gasteiger partial charge in [0.25, 0.3) is 0 Å². The highest BCUT2D eigenvalue weighted by Crippen LogP contribution is 2.31. The molecule has 7 aromatic carbocycles. The minimum absolute atomic E-state index is 0.0204. The van der Waals surface area contributed by atoms with Crippen molar-refractivity contribution in [1.82, 2.24) is 29.0 Å². The number of nitrogens with two attached hydrogens (primary N) is 1. The number of amides is 4. The van der Waals surface area contributed by atoms with E-state index in [-0.39, 0.29) is 93.4 Å². The zero-order valence-corrected chi connectivity index (χ0v) is 79.3. The quantitative estimate of drug-likeness (QED) is 0.0142. The van der Waals surface area contributed by atoms with E-state index in [1.54, 1.807) is 25.8 Å². The normalized spacial score (nSPS) is 16.4. The Morgan fingerprint density at radius 3 is 0.898 bits per heavy atom. The summed E-state index contributed by atoms with van der Waals surface area (Å²) in [7, 11) is -5.29. The molecule has 21 nitrogen and oxygen atoms in total. The van der Waals surface area contributed by atoms with Crippen LogP contribution < -0.4 is 14.6 Å². The van der Waals surface area contributed by atoms with Crippen molar-refractivity contribution in [2.75, 3.05) is 52.4 Å². The fraction of sp³-hybridized carbons (Fsp3) is 0.484. The molecule has 0 aliphatic carbocycles. The maximum absolute atomic E-state index is 14.3. The first kappa shape index (κ1) is 108. The van der Waals surface area contributed by atoms with Crippen molar-refractivity contribution >= 4 is 96.7 Å². The lowest BCUT2D eigenvalue weighted by atomic mass is 9.86. The molecule has 4 fully saturated rings. The lowest BCUT2D eigenvalue weighted by molar-refractivity contribution is -0.112. The molecule has 128 heavy (non-hydrogen) atoms. The van der Waals surface area contributed by atoms with Crippen molar-refractivity contribution in [3.05, 3.63) is 249 Å². The molecule has 11 rings (SSSR count). The van der Waals surface area contributed by atoms with Crippen molar-refractivity contribution in [3.63, 3.8) is 0 Å². The Morgan fingerprint density at radius 1 is 0.398 bits per heavy atom. The molecule has 0 unspecified atom stereocenters. The van der Waals surface area contributed by atoms with Crippen LogP contribution in [0.5, 0.6) is 0 Å². The van der Waals surface area contributed by atoms with Gasteiger partial charge in [0.05, 0.1) is 51.9 Å². The van der Waals surface area contributed by atoms with E-state index in [9.17, 15) is 80.3 Å². The van der Waals surface area contributed by atoms with E-state index < -0.39 is 130 Å². The largest absolute Gasteiger partial charge is 0.445 e. The highest BCUT2D eigenvalue weighted by atomic mass is 79.9. The molecule has 0 radical (unpaired) electrons. The van der Waals surface area contributed by atoms with Crippen molar-refractivity contribution in [2.45, 2.75) is 210 Å². The Hall–Kier alpha value is -8.71. The van der Waals surface area contributed by atoms with Crippen LogP contribution in [0.1, 0.15) is 173 Å². The van der Waals surface area contributed by atoms with Crippen LogP contribution in [0, 0.1) is 76.0 Å². The van der Waals surface area contributed by atoms with E-state index in [4.69, 9.17) is 24.1 Å². The van der Waals surface area contributed by atoms with Gasteiger partial charge in [-0.1, -0.05) is 137 Å². The summed E-state index contributed by atoms with van der Waals surface area (Å²) in [5, 5.41) is 5.22. The minimum Gasteiger partial charge on any atom is -0.445 e. The van der Waals surface area contributed by atoms with Gasteiger partial charge in [0, 0.05) is 106 Å². The van der Waals surface area contributed by atoms with Gasteiger partial charge in [-0.2, -0.15) is 4.40 Å².